The lowest BCUT2D eigenvalue weighted by Gasteiger charge is -2.22. The maximum Gasteiger partial charge on any atom is 0.390 e. The molecule has 2 rings (SSSR count). The van der Waals surface area contributed by atoms with Crippen LogP contribution in [0.15, 0.2) is 4.99 Å². The Balaban J connectivity index is 0.00000200. The summed E-state index contributed by atoms with van der Waals surface area (Å²) in [7, 11) is 1.64. The number of likely N-dealkylation sites (tertiary alicyclic amines) is 1. The number of fused-ring (bicyclic) bond motifs is 1. The third-order valence-corrected chi connectivity index (χ3v) is 4.18. The Morgan fingerprint density at radius 1 is 1.20 bits per heavy atom. The molecule has 2 fully saturated rings. The van der Waals surface area contributed by atoms with E-state index in [0.717, 1.165) is 13.1 Å². The smallest absolute Gasteiger partial charge is 0.356 e. The van der Waals surface area contributed by atoms with Crippen molar-refractivity contribution in [1.29, 1.82) is 0 Å². The van der Waals surface area contributed by atoms with Crippen LogP contribution >= 0.6 is 24.0 Å². The fourth-order valence-corrected chi connectivity index (χ4v) is 3.23. The van der Waals surface area contributed by atoms with E-state index in [1.165, 1.54) is 25.7 Å². The molecule has 0 spiro atoms. The molecule has 1 N–H and O–H groups in total. The van der Waals surface area contributed by atoms with E-state index in [1.807, 2.05) is 0 Å². The number of nitrogens with one attached hydrogen (secondary N) is 1. The molecule has 2 atom stereocenters. The number of alkyl halides is 3. The summed E-state index contributed by atoms with van der Waals surface area (Å²) in [5.41, 5.74) is 0. The molecule has 0 amide bonds. The van der Waals surface area contributed by atoms with Gasteiger partial charge < -0.3 is 10.2 Å². The van der Waals surface area contributed by atoms with Crippen molar-refractivity contribution in [2.75, 3.05) is 26.7 Å². The van der Waals surface area contributed by atoms with Gasteiger partial charge in [-0.15, -0.1) is 24.0 Å². The lowest BCUT2D eigenvalue weighted by Crippen LogP contribution is -2.41. The van der Waals surface area contributed by atoms with Crippen LogP contribution in [0.4, 0.5) is 13.2 Å². The molecule has 0 aromatic heterocycles. The Morgan fingerprint density at radius 3 is 2.20 bits per heavy atom. The standard InChI is InChI=1S/C13H22F3N3.HI/c1-17-12(18-7-6-13(14,15)16)19-8-10-4-2-3-5-11(10)9-19;/h10-11H,2-9H2,1H3,(H,17,18);1H. The normalized spacial score (nSPS) is 27.0. The Morgan fingerprint density at radius 2 is 1.75 bits per heavy atom. The maximum atomic E-state index is 12.1. The quantitative estimate of drug-likeness (QED) is 0.434. The van der Waals surface area contributed by atoms with Crippen LogP contribution in [-0.2, 0) is 0 Å². The van der Waals surface area contributed by atoms with Crippen LogP contribution in [0.5, 0.6) is 0 Å². The lowest BCUT2D eigenvalue weighted by atomic mass is 9.82. The summed E-state index contributed by atoms with van der Waals surface area (Å²) < 4.78 is 36.4. The van der Waals surface area contributed by atoms with Crippen LogP contribution in [-0.4, -0.2) is 43.7 Å². The summed E-state index contributed by atoms with van der Waals surface area (Å²) in [4.78, 5) is 6.23. The van der Waals surface area contributed by atoms with Crippen molar-refractivity contribution in [2.24, 2.45) is 16.8 Å². The van der Waals surface area contributed by atoms with Gasteiger partial charge in [-0.1, -0.05) is 12.8 Å². The molecule has 7 heteroatoms. The summed E-state index contributed by atoms with van der Waals surface area (Å²) in [5.74, 6) is 2.03. The van der Waals surface area contributed by atoms with Crippen molar-refractivity contribution >= 4 is 29.9 Å². The highest BCUT2D eigenvalue weighted by Crippen LogP contribution is 2.35. The third-order valence-electron chi connectivity index (χ3n) is 4.18. The number of nitrogens with zero attached hydrogens (tertiary/aromatic N) is 2. The Bertz CT molecular complexity index is 319. The van der Waals surface area contributed by atoms with Crippen molar-refractivity contribution in [2.45, 2.75) is 38.3 Å². The average Bonchev–Trinajstić information content (AvgIpc) is 2.76. The predicted molar refractivity (Wildman–Crippen MR) is 84.5 cm³/mol. The first kappa shape index (κ1) is 17.8. The number of aliphatic imine (C=N–C) groups is 1. The summed E-state index contributed by atoms with van der Waals surface area (Å²) in [5, 5.41) is 2.83. The highest BCUT2D eigenvalue weighted by atomic mass is 127. The number of hydrogen-bond donors (Lipinski definition) is 1. The van der Waals surface area contributed by atoms with E-state index in [-0.39, 0.29) is 30.5 Å². The molecule has 0 aromatic rings. The average molecular weight is 405 g/mol. The minimum absolute atomic E-state index is 0. The minimum Gasteiger partial charge on any atom is -0.356 e. The summed E-state index contributed by atoms with van der Waals surface area (Å²) in [6.07, 6.45) is 0.156. The predicted octanol–water partition coefficient (Wildman–Crippen LogP) is 3.25. The van der Waals surface area contributed by atoms with Crippen LogP contribution in [0.3, 0.4) is 0 Å². The van der Waals surface area contributed by atoms with Gasteiger partial charge in [0, 0.05) is 26.7 Å². The molecule has 0 radical (unpaired) electrons. The second-order valence-electron chi connectivity index (χ2n) is 5.55. The van der Waals surface area contributed by atoms with E-state index in [2.05, 4.69) is 15.2 Å². The zero-order chi connectivity index (χ0) is 13.9. The molecule has 118 valence electrons. The zero-order valence-corrected chi connectivity index (χ0v) is 14.1. The molecule has 1 saturated heterocycles. The second-order valence-corrected chi connectivity index (χ2v) is 5.55. The van der Waals surface area contributed by atoms with Crippen LogP contribution in [0.1, 0.15) is 32.1 Å². The fourth-order valence-electron chi connectivity index (χ4n) is 3.23. The van der Waals surface area contributed by atoms with Gasteiger partial charge in [0.05, 0.1) is 6.42 Å². The highest BCUT2D eigenvalue weighted by Gasteiger charge is 2.35. The first-order chi connectivity index (χ1) is 8.99. The van der Waals surface area contributed by atoms with Gasteiger partial charge in [0.25, 0.3) is 0 Å². The summed E-state index contributed by atoms with van der Waals surface area (Å²) in [6, 6.07) is 0. The number of rotatable bonds is 2. The SMILES string of the molecule is CN=C(NCCC(F)(F)F)N1CC2CCCCC2C1.I. The number of hydrogen-bond acceptors (Lipinski definition) is 1. The van der Waals surface area contributed by atoms with Crippen molar-refractivity contribution < 1.29 is 13.2 Å². The molecule has 0 bridgehead atoms. The van der Waals surface area contributed by atoms with Crippen LogP contribution < -0.4 is 5.32 Å². The molecular formula is C13H23F3IN3. The van der Waals surface area contributed by atoms with Crippen LogP contribution in [0, 0.1) is 11.8 Å². The van der Waals surface area contributed by atoms with Crippen molar-refractivity contribution in [1.82, 2.24) is 10.2 Å². The van der Waals surface area contributed by atoms with Gasteiger partial charge in [0.1, 0.15) is 0 Å². The summed E-state index contributed by atoms with van der Waals surface area (Å²) in [6.45, 7) is 1.79. The minimum atomic E-state index is -4.11. The zero-order valence-electron chi connectivity index (χ0n) is 11.7. The molecule has 1 heterocycles. The van der Waals surface area contributed by atoms with Gasteiger partial charge in [-0.25, -0.2) is 0 Å². The van der Waals surface area contributed by atoms with E-state index in [9.17, 15) is 13.2 Å². The first-order valence-electron chi connectivity index (χ1n) is 7.02. The Hall–Kier alpha value is -0.210. The van der Waals surface area contributed by atoms with E-state index < -0.39 is 12.6 Å². The molecule has 0 aromatic carbocycles. The van der Waals surface area contributed by atoms with Crippen molar-refractivity contribution in [3.05, 3.63) is 0 Å². The third kappa shape index (κ3) is 4.96. The van der Waals surface area contributed by atoms with E-state index >= 15 is 0 Å². The van der Waals surface area contributed by atoms with Gasteiger partial charge in [-0.05, 0) is 24.7 Å². The highest BCUT2D eigenvalue weighted by molar-refractivity contribution is 14.0. The van der Waals surface area contributed by atoms with Crippen molar-refractivity contribution in [3.8, 4) is 0 Å². The van der Waals surface area contributed by atoms with Gasteiger partial charge in [0.15, 0.2) is 5.96 Å². The van der Waals surface area contributed by atoms with Gasteiger partial charge >= 0.3 is 6.18 Å². The van der Waals surface area contributed by atoms with Crippen molar-refractivity contribution in [3.63, 3.8) is 0 Å². The lowest BCUT2D eigenvalue weighted by molar-refractivity contribution is -0.132. The van der Waals surface area contributed by atoms with Gasteiger partial charge in [0.2, 0.25) is 0 Å². The molecule has 2 aliphatic rings. The maximum absolute atomic E-state index is 12.1. The largest absolute Gasteiger partial charge is 0.390 e. The number of halogens is 4. The monoisotopic (exact) mass is 405 g/mol. The molecule has 3 nitrogen and oxygen atoms in total. The fraction of sp³-hybridized carbons (Fsp3) is 0.923. The van der Waals surface area contributed by atoms with Gasteiger partial charge in [-0.3, -0.25) is 4.99 Å². The van der Waals surface area contributed by atoms with E-state index in [0.29, 0.717) is 17.8 Å². The molecule has 1 aliphatic heterocycles. The summed E-state index contributed by atoms with van der Waals surface area (Å²) >= 11 is 0. The molecule has 1 saturated carbocycles. The molecular weight excluding hydrogens is 382 g/mol. The van der Waals surface area contributed by atoms with E-state index in [4.69, 9.17) is 0 Å². The topological polar surface area (TPSA) is 27.6 Å². The Labute approximate surface area is 135 Å². The van der Waals surface area contributed by atoms with E-state index in [1.54, 1.807) is 7.05 Å². The number of guanidine groups is 1. The molecule has 2 unspecified atom stereocenters. The Kier molecular flexibility index (Phi) is 6.87. The molecule has 20 heavy (non-hydrogen) atoms. The van der Waals surface area contributed by atoms with Gasteiger partial charge in [-0.2, -0.15) is 13.2 Å². The van der Waals surface area contributed by atoms with Crippen LogP contribution in [0.25, 0.3) is 0 Å². The van der Waals surface area contributed by atoms with Crippen LogP contribution in [0.2, 0.25) is 0 Å². The first-order valence-corrected chi connectivity index (χ1v) is 7.02. The second kappa shape index (κ2) is 7.70. The molecule has 1 aliphatic carbocycles.